The van der Waals surface area contributed by atoms with Crippen LogP contribution in [0.3, 0.4) is 0 Å². The van der Waals surface area contributed by atoms with E-state index in [9.17, 15) is 0 Å². The number of nitrogens with one attached hydrogen (secondary N) is 1. The number of pyridine rings is 1. The summed E-state index contributed by atoms with van der Waals surface area (Å²) in [7, 11) is 4.15. The zero-order valence-electron chi connectivity index (χ0n) is 13.5. The van der Waals surface area contributed by atoms with Crippen LogP contribution in [0.15, 0.2) is 12.1 Å². The zero-order chi connectivity index (χ0) is 15.3. The number of anilines is 2. The van der Waals surface area contributed by atoms with Crippen LogP contribution in [-0.4, -0.2) is 42.2 Å². The number of hydrogen-bond donors (Lipinski definition) is 2. The van der Waals surface area contributed by atoms with E-state index in [2.05, 4.69) is 36.2 Å². The Morgan fingerprint density at radius 2 is 2.00 bits per heavy atom. The average molecular weight is 280 g/mol. The van der Waals surface area contributed by atoms with Gasteiger partial charge in [-0.3, -0.25) is 0 Å². The monoisotopic (exact) mass is 280 g/mol. The molecule has 0 amide bonds. The lowest BCUT2D eigenvalue weighted by Gasteiger charge is -2.22. The van der Waals surface area contributed by atoms with E-state index in [0.717, 1.165) is 18.8 Å². The van der Waals surface area contributed by atoms with Crippen LogP contribution in [0.1, 0.15) is 34.1 Å². The maximum atomic E-state index is 5.90. The minimum Gasteiger partial charge on any atom is -0.470 e. The predicted octanol–water partition coefficient (Wildman–Crippen LogP) is 2.59. The molecule has 1 rings (SSSR count). The Balaban J connectivity index is 2.69. The Hall–Kier alpha value is -1.49. The van der Waals surface area contributed by atoms with E-state index in [1.165, 1.54) is 0 Å². The Kier molecular flexibility index (Phi) is 5.62. The molecule has 0 aliphatic heterocycles. The van der Waals surface area contributed by atoms with E-state index in [1.807, 2.05) is 32.9 Å². The van der Waals surface area contributed by atoms with Crippen LogP contribution < -0.4 is 15.8 Å². The second-order valence-electron chi connectivity index (χ2n) is 6.44. The Morgan fingerprint density at radius 1 is 1.35 bits per heavy atom. The number of aromatic nitrogens is 1. The topological polar surface area (TPSA) is 63.4 Å². The summed E-state index contributed by atoms with van der Waals surface area (Å²) in [5.74, 6) is 1.28. The normalized spacial score (nSPS) is 13.3. The van der Waals surface area contributed by atoms with Crippen LogP contribution in [0, 0.1) is 0 Å². The molecule has 114 valence electrons. The summed E-state index contributed by atoms with van der Waals surface area (Å²) >= 11 is 0. The van der Waals surface area contributed by atoms with Gasteiger partial charge in [-0.1, -0.05) is 0 Å². The maximum Gasteiger partial charge on any atom is 0.239 e. The molecular formula is C15H28N4O. The summed E-state index contributed by atoms with van der Waals surface area (Å²) in [4.78, 5) is 6.62. The molecule has 0 bridgehead atoms. The minimum absolute atomic E-state index is 0.309. The van der Waals surface area contributed by atoms with Gasteiger partial charge in [0.05, 0.1) is 5.69 Å². The molecule has 0 radical (unpaired) electrons. The van der Waals surface area contributed by atoms with Crippen LogP contribution in [0.25, 0.3) is 0 Å². The standard InChI is InChI=1S/C15H28N4O/c1-11(9-10-19(5)6)17-13-8-7-12(16)14(18-13)20-15(2,3)4/h7-8,11H,9-10,16H2,1-6H3,(H,17,18). The molecule has 0 aromatic carbocycles. The summed E-state index contributed by atoms with van der Waals surface area (Å²) in [5.41, 5.74) is 6.16. The van der Waals surface area contributed by atoms with E-state index < -0.39 is 0 Å². The Morgan fingerprint density at radius 3 is 2.55 bits per heavy atom. The predicted molar refractivity (Wildman–Crippen MR) is 85.3 cm³/mol. The number of ether oxygens (including phenoxy) is 1. The highest BCUT2D eigenvalue weighted by Gasteiger charge is 2.16. The van der Waals surface area contributed by atoms with E-state index in [4.69, 9.17) is 10.5 Å². The fourth-order valence-corrected chi connectivity index (χ4v) is 1.68. The average Bonchev–Trinajstić information content (AvgIpc) is 2.29. The van der Waals surface area contributed by atoms with Crippen LogP contribution in [-0.2, 0) is 0 Å². The highest BCUT2D eigenvalue weighted by Crippen LogP contribution is 2.25. The van der Waals surface area contributed by atoms with Crippen molar-refractivity contribution in [2.45, 2.75) is 45.8 Å². The number of nitrogens with two attached hydrogens (primary N) is 1. The van der Waals surface area contributed by atoms with Gasteiger partial charge in [-0.15, -0.1) is 0 Å². The van der Waals surface area contributed by atoms with Crippen molar-refractivity contribution in [1.82, 2.24) is 9.88 Å². The van der Waals surface area contributed by atoms with Crippen LogP contribution in [0.5, 0.6) is 5.88 Å². The smallest absolute Gasteiger partial charge is 0.239 e. The summed E-state index contributed by atoms with van der Waals surface area (Å²) in [5, 5.41) is 3.38. The van der Waals surface area contributed by atoms with Crippen molar-refractivity contribution < 1.29 is 4.74 Å². The van der Waals surface area contributed by atoms with Gasteiger partial charge < -0.3 is 20.7 Å². The molecule has 20 heavy (non-hydrogen) atoms. The third-order valence-electron chi connectivity index (χ3n) is 2.70. The molecule has 0 aliphatic carbocycles. The number of rotatable bonds is 6. The molecule has 3 N–H and O–H groups in total. The van der Waals surface area contributed by atoms with Gasteiger partial charge in [0.15, 0.2) is 0 Å². The van der Waals surface area contributed by atoms with Gasteiger partial charge in [0.2, 0.25) is 5.88 Å². The van der Waals surface area contributed by atoms with Gasteiger partial charge >= 0.3 is 0 Å². The van der Waals surface area contributed by atoms with Gasteiger partial charge in [0.25, 0.3) is 0 Å². The highest BCUT2D eigenvalue weighted by molar-refractivity contribution is 5.54. The Bertz CT molecular complexity index is 426. The molecule has 5 nitrogen and oxygen atoms in total. The molecule has 5 heteroatoms. The first-order valence-corrected chi connectivity index (χ1v) is 7.04. The molecule has 1 aromatic heterocycles. The van der Waals surface area contributed by atoms with Crippen molar-refractivity contribution in [3.63, 3.8) is 0 Å². The molecule has 0 saturated heterocycles. The third-order valence-corrected chi connectivity index (χ3v) is 2.70. The summed E-state index contributed by atoms with van der Waals surface area (Å²) in [6.07, 6.45) is 1.05. The van der Waals surface area contributed by atoms with Crippen molar-refractivity contribution >= 4 is 11.5 Å². The van der Waals surface area contributed by atoms with Crippen LogP contribution in [0.4, 0.5) is 11.5 Å². The molecule has 0 aliphatic rings. The number of nitrogen functional groups attached to an aromatic ring is 1. The SMILES string of the molecule is CC(CCN(C)C)Nc1ccc(N)c(OC(C)(C)C)n1. The lowest BCUT2D eigenvalue weighted by atomic mass is 10.2. The fourth-order valence-electron chi connectivity index (χ4n) is 1.68. The second kappa shape index (κ2) is 6.79. The molecule has 0 saturated carbocycles. The van der Waals surface area contributed by atoms with Crippen molar-refractivity contribution in [1.29, 1.82) is 0 Å². The van der Waals surface area contributed by atoms with Gasteiger partial charge in [-0.25, -0.2) is 0 Å². The summed E-state index contributed by atoms with van der Waals surface area (Å²) < 4.78 is 5.77. The number of hydrogen-bond acceptors (Lipinski definition) is 5. The van der Waals surface area contributed by atoms with E-state index >= 15 is 0 Å². The first-order chi connectivity index (χ1) is 9.17. The largest absolute Gasteiger partial charge is 0.470 e. The Labute approximate surface area is 122 Å². The lowest BCUT2D eigenvalue weighted by molar-refractivity contribution is 0.125. The van der Waals surface area contributed by atoms with Crippen molar-refractivity contribution in [3.05, 3.63) is 12.1 Å². The third kappa shape index (κ3) is 6.10. The second-order valence-corrected chi connectivity index (χ2v) is 6.44. The van der Waals surface area contributed by atoms with E-state index in [-0.39, 0.29) is 5.60 Å². The fraction of sp³-hybridized carbons (Fsp3) is 0.667. The van der Waals surface area contributed by atoms with Gasteiger partial charge in [0.1, 0.15) is 11.4 Å². The summed E-state index contributed by atoms with van der Waals surface area (Å²) in [6, 6.07) is 4.06. The van der Waals surface area contributed by atoms with E-state index in [0.29, 0.717) is 17.6 Å². The molecule has 1 heterocycles. The molecule has 0 fully saturated rings. The summed E-state index contributed by atoms with van der Waals surface area (Å²) in [6.45, 7) is 9.12. The first kappa shape index (κ1) is 16.6. The van der Waals surface area contributed by atoms with Gasteiger partial charge in [0, 0.05) is 6.04 Å². The molecule has 1 aromatic rings. The molecule has 1 unspecified atom stereocenters. The van der Waals surface area contributed by atoms with Crippen LogP contribution in [0.2, 0.25) is 0 Å². The van der Waals surface area contributed by atoms with E-state index in [1.54, 1.807) is 0 Å². The molecule has 0 spiro atoms. The zero-order valence-corrected chi connectivity index (χ0v) is 13.5. The van der Waals surface area contributed by atoms with Crippen molar-refractivity contribution in [2.24, 2.45) is 0 Å². The van der Waals surface area contributed by atoms with Gasteiger partial charge in [-0.05, 0) is 66.9 Å². The highest BCUT2D eigenvalue weighted by atomic mass is 16.5. The molecule has 1 atom stereocenters. The van der Waals surface area contributed by atoms with Gasteiger partial charge in [-0.2, -0.15) is 4.98 Å². The van der Waals surface area contributed by atoms with Crippen molar-refractivity contribution in [2.75, 3.05) is 31.7 Å². The minimum atomic E-state index is -0.309. The molecular weight excluding hydrogens is 252 g/mol. The van der Waals surface area contributed by atoms with Crippen molar-refractivity contribution in [3.8, 4) is 5.88 Å². The first-order valence-electron chi connectivity index (χ1n) is 7.04. The lowest BCUT2D eigenvalue weighted by Crippen LogP contribution is -2.25. The maximum absolute atomic E-state index is 5.90. The quantitative estimate of drug-likeness (QED) is 0.838. The number of nitrogens with zero attached hydrogens (tertiary/aromatic N) is 2. The van der Waals surface area contributed by atoms with Crippen LogP contribution >= 0.6 is 0 Å².